The van der Waals surface area contributed by atoms with Crippen LogP contribution < -0.4 is 4.90 Å². The molecule has 0 saturated carbocycles. The van der Waals surface area contributed by atoms with Crippen molar-refractivity contribution in [2.45, 2.75) is 6.32 Å². The van der Waals surface area contributed by atoms with E-state index in [9.17, 15) is 4.79 Å². The number of carbonyl (C=O) groups excluding carboxylic acids is 1. The van der Waals surface area contributed by atoms with Gasteiger partial charge in [-0.3, -0.25) is 4.79 Å². The van der Waals surface area contributed by atoms with Gasteiger partial charge in [-0.25, -0.2) is 0 Å². The first kappa shape index (κ1) is 10.3. The first-order chi connectivity index (χ1) is 6.70. The second kappa shape index (κ2) is 4.47. The van der Waals surface area contributed by atoms with Gasteiger partial charge in [0, 0.05) is 7.05 Å². The summed E-state index contributed by atoms with van der Waals surface area (Å²) in [5, 5.41) is 8.80. The van der Waals surface area contributed by atoms with E-state index in [0.717, 1.165) is 0 Å². The number of nitrogens with zero attached hydrogens (tertiary/aromatic N) is 2. The molecule has 14 heavy (non-hydrogen) atoms. The van der Waals surface area contributed by atoms with E-state index in [0.29, 0.717) is 11.3 Å². The van der Waals surface area contributed by atoms with Crippen LogP contribution >= 0.6 is 0 Å². The second-order valence-electron chi connectivity index (χ2n) is 2.79. The van der Waals surface area contributed by atoms with Crippen molar-refractivity contribution in [3.8, 4) is 6.07 Å². The molecule has 0 aliphatic heterocycles. The maximum Gasteiger partial charge on any atom is 0.218 e. The van der Waals surface area contributed by atoms with Gasteiger partial charge < -0.3 is 4.90 Å². The van der Waals surface area contributed by atoms with Gasteiger partial charge in [-0.2, -0.15) is 5.26 Å². The highest BCUT2D eigenvalue weighted by Gasteiger charge is 2.11. The standard InChI is InChI=1S/C10H9BN2O/c1-13(10(14)6-11)9-5-3-2-4-8(9)7-12/h2-5H,6H2,1H3. The van der Waals surface area contributed by atoms with Gasteiger partial charge in [0.1, 0.15) is 6.07 Å². The van der Waals surface area contributed by atoms with Crippen LogP contribution in [0.1, 0.15) is 5.56 Å². The van der Waals surface area contributed by atoms with E-state index in [1.807, 2.05) is 6.07 Å². The molecular weight excluding hydrogens is 175 g/mol. The van der Waals surface area contributed by atoms with E-state index in [4.69, 9.17) is 13.1 Å². The Hall–Kier alpha value is -1.76. The molecule has 0 N–H and O–H groups in total. The molecule has 1 rings (SSSR count). The summed E-state index contributed by atoms with van der Waals surface area (Å²) in [5.41, 5.74) is 1.06. The summed E-state index contributed by atoms with van der Waals surface area (Å²) in [5.74, 6) is -0.215. The molecule has 4 heteroatoms. The lowest BCUT2D eigenvalue weighted by Gasteiger charge is -2.17. The van der Waals surface area contributed by atoms with Gasteiger partial charge in [-0.15, -0.1) is 0 Å². The molecule has 0 spiro atoms. The molecule has 0 aliphatic rings. The molecular formula is C10H9BN2O. The zero-order valence-corrected chi connectivity index (χ0v) is 7.90. The summed E-state index contributed by atoms with van der Waals surface area (Å²) in [6.07, 6.45) is -0.0593. The summed E-state index contributed by atoms with van der Waals surface area (Å²) in [6, 6.07) is 8.92. The largest absolute Gasteiger partial charge is 0.315 e. The Morgan fingerprint density at radius 1 is 1.57 bits per heavy atom. The summed E-state index contributed by atoms with van der Waals surface area (Å²) in [4.78, 5) is 12.7. The van der Waals surface area contributed by atoms with Gasteiger partial charge in [0.2, 0.25) is 5.91 Å². The molecule has 0 unspecified atom stereocenters. The van der Waals surface area contributed by atoms with Crippen LogP contribution in [0.4, 0.5) is 5.69 Å². The molecule has 0 atom stereocenters. The lowest BCUT2D eigenvalue weighted by atomic mass is 10.0. The summed E-state index contributed by atoms with van der Waals surface area (Å²) in [7, 11) is 6.83. The van der Waals surface area contributed by atoms with Crippen LogP contribution in [-0.4, -0.2) is 20.8 Å². The second-order valence-corrected chi connectivity index (χ2v) is 2.79. The first-order valence-corrected chi connectivity index (χ1v) is 4.16. The monoisotopic (exact) mass is 184 g/mol. The quantitative estimate of drug-likeness (QED) is 0.646. The highest BCUT2D eigenvalue weighted by molar-refractivity contribution is 6.22. The van der Waals surface area contributed by atoms with Crippen molar-refractivity contribution in [3.63, 3.8) is 0 Å². The fourth-order valence-corrected chi connectivity index (χ4v) is 1.13. The smallest absolute Gasteiger partial charge is 0.218 e. The number of benzene rings is 1. The predicted octanol–water partition coefficient (Wildman–Crippen LogP) is 1.11. The Morgan fingerprint density at radius 2 is 2.21 bits per heavy atom. The number of nitriles is 1. The fraction of sp³-hybridized carbons (Fsp3) is 0.200. The Balaban J connectivity index is 3.07. The van der Waals surface area contributed by atoms with Crippen molar-refractivity contribution in [2.75, 3.05) is 11.9 Å². The number of hydrogen-bond donors (Lipinski definition) is 0. The molecule has 0 heterocycles. The van der Waals surface area contributed by atoms with Crippen molar-refractivity contribution in [2.24, 2.45) is 0 Å². The fourth-order valence-electron chi connectivity index (χ4n) is 1.13. The number of anilines is 1. The normalized spacial score (nSPS) is 9.14. The molecule has 0 aliphatic carbocycles. The maximum absolute atomic E-state index is 11.3. The molecule has 0 aromatic heterocycles. The van der Waals surface area contributed by atoms with Gasteiger partial charge >= 0.3 is 0 Å². The lowest BCUT2D eigenvalue weighted by molar-refractivity contribution is -0.116. The van der Waals surface area contributed by atoms with Crippen LogP contribution in [0, 0.1) is 11.3 Å². The van der Waals surface area contributed by atoms with Gasteiger partial charge in [-0.05, 0) is 18.5 Å². The highest BCUT2D eigenvalue weighted by atomic mass is 16.2. The minimum Gasteiger partial charge on any atom is -0.315 e. The van der Waals surface area contributed by atoms with E-state index in [-0.39, 0.29) is 12.2 Å². The van der Waals surface area contributed by atoms with Crippen LogP contribution in [0.3, 0.4) is 0 Å². The Morgan fingerprint density at radius 3 is 2.79 bits per heavy atom. The average molecular weight is 184 g/mol. The SMILES string of the molecule is [B]CC(=O)N(C)c1ccccc1C#N. The number of hydrogen-bond acceptors (Lipinski definition) is 2. The first-order valence-electron chi connectivity index (χ1n) is 4.16. The number of amides is 1. The van der Waals surface area contributed by atoms with Crippen molar-refractivity contribution >= 4 is 19.4 Å². The van der Waals surface area contributed by atoms with Gasteiger partial charge in [-0.1, -0.05) is 12.1 Å². The number of carbonyl (C=O) groups is 1. The molecule has 3 nitrogen and oxygen atoms in total. The molecule has 1 amide bonds. The highest BCUT2D eigenvalue weighted by Crippen LogP contribution is 2.18. The van der Waals surface area contributed by atoms with Crippen LogP contribution in [0.2, 0.25) is 6.32 Å². The molecule has 0 fully saturated rings. The zero-order chi connectivity index (χ0) is 10.6. The Bertz CT molecular complexity index is 384. The summed E-state index contributed by atoms with van der Waals surface area (Å²) >= 11 is 0. The Labute approximate surface area is 84.4 Å². The lowest BCUT2D eigenvalue weighted by Crippen LogP contribution is -2.26. The van der Waals surface area contributed by atoms with E-state index in [1.165, 1.54) is 4.90 Å². The average Bonchev–Trinajstić information content (AvgIpc) is 2.26. The van der Waals surface area contributed by atoms with Crippen molar-refractivity contribution in [3.05, 3.63) is 29.8 Å². The third-order valence-electron chi connectivity index (χ3n) is 1.93. The topological polar surface area (TPSA) is 44.1 Å². The minimum absolute atomic E-state index is 0.0593. The summed E-state index contributed by atoms with van der Waals surface area (Å²) < 4.78 is 0. The van der Waals surface area contributed by atoms with E-state index in [1.54, 1.807) is 31.3 Å². The van der Waals surface area contributed by atoms with Gasteiger partial charge in [0.15, 0.2) is 0 Å². The molecule has 2 radical (unpaired) electrons. The van der Waals surface area contributed by atoms with E-state index < -0.39 is 0 Å². The molecule has 68 valence electrons. The van der Waals surface area contributed by atoms with Crippen molar-refractivity contribution in [1.82, 2.24) is 0 Å². The molecule has 1 aromatic carbocycles. The molecule has 0 saturated heterocycles. The third-order valence-corrected chi connectivity index (χ3v) is 1.93. The zero-order valence-electron chi connectivity index (χ0n) is 7.90. The van der Waals surface area contributed by atoms with Gasteiger partial charge in [0.25, 0.3) is 0 Å². The Kier molecular flexibility index (Phi) is 3.30. The van der Waals surface area contributed by atoms with E-state index >= 15 is 0 Å². The number of rotatable bonds is 2. The molecule has 0 bridgehead atoms. The maximum atomic E-state index is 11.3. The minimum atomic E-state index is -0.215. The van der Waals surface area contributed by atoms with Crippen LogP contribution in [-0.2, 0) is 4.79 Å². The molecule has 1 aromatic rings. The van der Waals surface area contributed by atoms with Gasteiger partial charge in [0.05, 0.1) is 19.1 Å². The predicted molar refractivity (Wildman–Crippen MR) is 55.1 cm³/mol. The van der Waals surface area contributed by atoms with Crippen LogP contribution in [0.5, 0.6) is 0 Å². The van der Waals surface area contributed by atoms with Crippen LogP contribution in [0.25, 0.3) is 0 Å². The van der Waals surface area contributed by atoms with Crippen molar-refractivity contribution < 1.29 is 4.79 Å². The number of para-hydroxylation sites is 1. The van der Waals surface area contributed by atoms with E-state index in [2.05, 4.69) is 0 Å². The van der Waals surface area contributed by atoms with Crippen molar-refractivity contribution in [1.29, 1.82) is 5.26 Å². The third kappa shape index (κ3) is 1.94. The van der Waals surface area contributed by atoms with Crippen LogP contribution in [0.15, 0.2) is 24.3 Å². The summed E-state index contributed by atoms with van der Waals surface area (Å²) in [6.45, 7) is 0.